The monoisotopic (exact) mass is 459 g/mol. The fraction of sp³-hybridized carbons (Fsp3) is 0.200. The van der Waals surface area contributed by atoms with Crippen LogP contribution in [-0.4, -0.2) is 30.2 Å². The van der Waals surface area contributed by atoms with Crippen molar-refractivity contribution < 1.29 is 18.8 Å². The number of aromatic nitrogens is 5. The highest BCUT2D eigenvalue weighted by Gasteiger charge is 2.27. The highest BCUT2D eigenvalue weighted by Crippen LogP contribution is 2.29. The largest absolute Gasteiger partial charge is 0.508 e. The summed E-state index contributed by atoms with van der Waals surface area (Å²) in [6.07, 6.45) is 0. The zero-order valence-corrected chi connectivity index (χ0v) is 18.9. The molecule has 34 heavy (non-hydrogen) atoms. The van der Waals surface area contributed by atoms with Gasteiger partial charge in [0, 0.05) is 11.6 Å². The lowest BCUT2D eigenvalue weighted by molar-refractivity contribution is 0.155. The van der Waals surface area contributed by atoms with Crippen LogP contribution < -0.4 is 4.74 Å². The van der Waals surface area contributed by atoms with Crippen molar-refractivity contribution in [3.8, 4) is 28.6 Å². The van der Waals surface area contributed by atoms with Gasteiger partial charge in [0.1, 0.15) is 28.3 Å². The van der Waals surface area contributed by atoms with Gasteiger partial charge in [-0.05, 0) is 62.2 Å². The van der Waals surface area contributed by atoms with E-state index in [1.807, 2.05) is 43.3 Å². The van der Waals surface area contributed by atoms with E-state index in [-0.39, 0.29) is 11.6 Å². The van der Waals surface area contributed by atoms with Gasteiger partial charge >= 0.3 is 0 Å². The van der Waals surface area contributed by atoms with Gasteiger partial charge in [0.25, 0.3) is 5.89 Å². The molecule has 5 aromatic rings. The Kier molecular flexibility index (Phi) is 5.24. The lowest BCUT2D eigenvalue weighted by Crippen LogP contribution is -2.09. The molecule has 0 atom stereocenters. The van der Waals surface area contributed by atoms with Crippen molar-refractivity contribution in [2.75, 3.05) is 0 Å². The Bertz CT molecular complexity index is 1450. The summed E-state index contributed by atoms with van der Waals surface area (Å²) >= 11 is 0. The SMILES string of the molecule is Cc1cc2nn(Cc3ccc(-c4noc(C(C)(C)F)n4)cc3)nc2cc1Oc1ccc(O)cc1. The number of aryl methyl sites for hydroxylation is 1. The Balaban J connectivity index is 1.33. The van der Waals surface area contributed by atoms with Crippen molar-refractivity contribution in [1.29, 1.82) is 0 Å². The molecule has 0 spiro atoms. The van der Waals surface area contributed by atoms with Crippen molar-refractivity contribution in [2.24, 2.45) is 0 Å². The average Bonchev–Trinajstić information content (AvgIpc) is 3.43. The van der Waals surface area contributed by atoms with E-state index < -0.39 is 5.67 Å². The molecule has 0 bridgehead atoms. The molecule has 0 aliphatic rings. The number of nitrogens with zero attached hydrogens (tertiary/aromatic N) is 5. The van der Waals surface area contributed by atoms with E-state index in [4.69, 9.17) is 9.26 Å². The Morgan fingerprint density at radius 3 is 2.32 bits per heavy atom. The second-order valence-corrected chi connectivity index (χ2v) is 8.53. The van der Waals surface area contributed by atoms with Crippen LogP contribution in [0, 0.1) is 6.92 Å². The van der Waals surface area contributed by atoms with Gasteiger partial charge in [-0.1, -0.05) is 29.4 Å². The number of hydrogen-bond acceptors (Lipinski definition) is 7. The minimum Gasteiger partial charge on any atom is -0.508 e. The number of aromatic hydroxyl groups is 1. The summed E-state index contributed by atoms with van der Waals surface area (Å²) in [6.45, 7) is 5.16. The van der Waals surface area contributed by atoms with Crippen LogP contribution in [0.2, 0.25) is 0 Å². The maximum atomic E-state index is 14.0. The molecule has 3 aromatic carbocycles. The topological polar surface area (TPSA) is 99.1 Å². The first-order valence-corrected chi connectivity index (χ1v) is 10.7. The lowest BCUT2D eigenvalue weighted by Gasteiger charge is -2.08. The number of fused-ring (bicyclic) bond motifs is 1. The highest BCUT2D eigenvalue weighted by molar-refractivity contribution is 5.77. The van der Waals surface area contributed by atoms with E-state index in [1.54, 1.807) is 29.1 Å². The second-order valence-electron chi connectivity index (χ2n) is 8.53. The first kappa shape index (κ1) is 21.6. The van der Waals surface area contributed by atoms with E-state index in [9.17, 15) is 9.50 Å². The molecule has 2 heterocycles. The van der Waals surface area contributed by atoms with Crippen molar-refractivity contribution >= 4 is 11.0 Å². The molecule has 0 aliphatic heterocycles. The zero-order chi connectivity index (χ0) is 23.9. The Morgan fingerprint density at radius 2 is 1.68 bits per heavy atom. The average molecular weight is 459 g/mol. The second kappa shape index (κ2) is 8.26. The summed E-state index contributed by atoms with van der Waals surface area (Å²) in [7, 11) is 0. The number of phenols is 1. The van der Waals surface area contributed by atoms with E-state index in [0.717, 1.165) is 22.2 Å². The number of halogens is 1. The third-order valence-corrected chi connectivity index (χ3v) is 5.25. The molecule has 0 saturated carbocycles. The van der Waals surface area contributed by atoms with Crippen LogP contribution in [0.5, 0.6) is 17.2 Å². The van der Waals surface area contributed by atoms with Gasteiger partial charge in [0.2, 0.25) is 5.82 Å². The third-order valence-electron chi connectivity index (χ3n) is 5.25. The van der Waals surface area contributed by atoms with Crippen LogP contribution in [0.3, 0.4) is 0 Å². The number of benzene rings is 3. The van der Waals surface area contributed by atoms with E-state index in [1.165, 1.54) is 13.8 Å². The fourth-order valence-electron chi connectivity index (χ4n) is 3.42. The number of alkyl halides is 1. The molecular weight excluding hydrogens is 437 g/mol. The summed E-state index contributed by atoms with van der Waals surface area (Å²) in [4.78, 5) is 5.76. The molecule has 5 rings (SSSR count). The van der Waals surface area contributed by atoms with Gasteiger partial charge in [0.15, 0.2) is 5.67 Å². The molecule has 0 radical (unpaired) electrons. The van der Waals surface area contributed by atoms with Gasteiger partial charge in [-0.3, -0.25) is 0 Å². The normalized spacial score (nSPS) is 11.8. The molecule has 0 fully saturated rings. The standard InChI is InChI=1S/C25H22FN5O3/c1-15-12-20-21(13-22(15)33-19-10-8-18(32)9-11-19)29-31(28-20)14-16-4-6-17(7-5-16)23-27-24(34-30-23)25(2,3)26/h4-13,32H,14H2,1-3H3. The molecule has 1 N–H and O–H groups in total. The van der Waals surface area contributed by atoms with Crippen LogP contribution in [0.4, 0.5) is 4.39 Å². The van der Waals surface area contributed by atoms with E-state index in [2.05, 4.69) is 20.3 Å². The molecule has 0 saturated heterocycles. The van der Waals surface area contributed by atoms with Crippen LogP contribution in [-0.2, 0) is 12.2 Å². The molecule has 0 amide bonds. The zero-order valence-electron chi connectivity index (χ0n) is 18.9. The van der Waals surface area contributed by atoms with Crippen LogP contribution in [0.1, 0.15) is 30.9 Å². The Labute approximate surface area is 194 Å². The molecule has 0 aliphatic carbocycles. The Morgan fingerprint density at radius 1 is 1.00 bits per heavy atom. The quantitative estimate of drug-likeness (QED) is 0.356. The Hall–Kier alpha value is -4.27. The molecule has 0 unspecified atom stereocenters. The van der Waals surface area contributed by atoms with Gasteiger partial charge in [0.05, 0.1) is 6.54 Å². The minimum atomic E-state index is -1.69. The number of rotatable bonds is 6. The van der Waals surface area contributed by atoms with Crippen molar-refractivity contribution in [1.82, 2.24) is 25.1 Å². The molecule has 2 aromatic heterocycles. The van der Waals surface area contributed by atoms with Crippen molar-refractivity contribution in [3.05, 3.63) is 77.7 Å². The molecular formula is C25H22FN5O3. The maximum Gasteiger partial charge on any atom is 0.264 e. The van der Waals surface area contributed by atoms with E-state index in [0.29, 0.717) is 29.4 Å². The van der Waals surface area contributed by atoms with Gasteiger partial charge in [-0.15, -0.1) is 0 Å². The highest BCUT2D eigenvalue weighted by atomic mass is 19.1. The van der Waals surface area contributed by atoms with Gasteiger partial charge in [-0.2, -0.15) is 20.0 Å². The van der Waals surface area contributed by atoms with Crippen LogP contribution in [0.15, 0.2) is 65.2 Å². The summed E-state index contributed by atoms with van der Waals surface area (Å²) in [6, 6.07) is 17.9. The van der Waals surface area contributed by atoms with Crippen molar-refractivity contribution in [2.45, 2.75) is 33.0 Å². The van der Waals surface area contributed by atoms with Crippen molar-refractivity contribution in [3.63, 3.8) is 0 Å². The van der Waals surface area contributed by atoms with Crippen LogP contribution >= 0.6 is 0 Å². The summed E-state index contributed by atoms with van der Waals surface area (Å²) in [5.74, 6) is 1.76. The molecule has 9 heteroatoms. The van der Waals surface area contributed by atoms with Gasteiger partial charge in [-0.25, -0.2) is 4.39 Å². The van der Waals surface area contributed by atoms with Crippen LogP contribution in [0.25, 0.3) is 22.4 Å². The smallest absolute Gasteiger partial charge is 0.264 e. The maximum absolute atomic E-state index is 14.0. The first-order valence-electron chi connectivity index (χ1n) is 10.7. The predicted molar refractivity (Wildman–Crippen MR) is 123 cm³/mol. The first-order chi connectivity index (χ1) is 16.2. The summed E-state index contributed by atoms with van der Waals surface area (Å²) < 4.78 is 25.0. The predicted octanol–water partition coefficient (Wildman–Crippen LogP) is 5.54. The fourth-order valence-corrected chi connectivity index (χ4v) is 3.42. The number of ether oxygens (including phenoxy) is 1. The molecule has 172 valence electrons. The number of phenolic OH excluding ortho intramolecular Hbond substituents is 1. The minimum absolute atomic E-state index is 0.0527. The lowest BCUT2D eigenvalue weighted by atomic mass is 10.1. The molecule has 8 nitrogen and oxygen atoms in total. The third kappa shape index (κ3) is 4.45. The number of hydrogen-bond donors (Lipinski definition) is 1. The van der Waals surface area contributed by atoms with E-state index >= 15 is 0 Å². The summed E-state index contributed by atoms with van der Waals surface area (Å²) in [5, 5.41) is 22.5. The van der Waals surface area contributed by atoms with Gasteiger partial charge < -0.3 is 14.4 Å². The summed E-state index contributed by atoms with van der Waals surface area (Å²) in [5.41, 5.74) is 2.42.